The Morgan fingerprint density at radius 3 is 2.39 bits per heavy atom. The smallest absolute Gasteiger partial charge is 0.416 e. The molecule has 41 heavy (non-hydrogen) atoms. The molecule has 2 N–H and O–H groups in total. The van der Waals surface area contributed by atoms with Crippen molar-refractivity contribution in [2.75, 3.05) is 24.5 Å². The van der Waals surface area contributed by atoms with Crippen LogP contribution < -0.4 is 10.2 Å². The SMILES string of the molecule is Cc1ccc(S(=O)(=O)N(CC(C)C)C[C@@H](O)[C@H](Cc2ccccc2)NC(=O)[C@@H]2CN(c3ccccn3)C(=O)O2)cc1. The number of aryl methyl sites for hydroxylation is 1. The first kappa shape index (κ1) is 30.2. The minimum absolute atomic E-state index is 0.0138. The van der Waals surface area contributed by atoms with Gasteiger partial charge in [-0.1, -0.05) is 67.9 Å². The zero-order valence-electron chi connectivity index (χ0n) is 23.4. The van der Waals surface area contributed by atoms with Crippen molar-refractivity contribution in [1.29, 1.82) is 0 Å². The third-order valence-electron chi connectivity index (χ3n) is 6.74. The van der Waals surface area contributed by atoms with Crippen LogP contribution in [-0.2, 0) is 26.0 Å². The van der Waals surface area contributed by atoms with Crippen LogP contribution in [0.1, 0.15) is 25.0 Å². The summed E-state index contributed by atoms with van der Waals surface area (Å²) in [5.41, 5.74) is 1.77. The van der Waals surface area contributed by atoms with Gasteiger partial charge >= 0.3 is 6.09 Å². The molecule has 4 rings (SSSR count). The molecule has 0 saturated carbocycles. The lowest BCUT2D eigenvalue weighted by molar-refractivity contribution is -0.129. The summed E-state index contributed by atoms with van der Waals surface area (Å²) < 4.78 is 33.8. The van der Waals surface area contributed by atoms with E-state index in [-0.39, 0.29) is 36.9 Å². The molecule has 3 atom stereocenters. The molecular weight excluding hydrogens is 544 g/mol. The second-order valence-electron chi connectivity index (χ2n) is 10.6. The highest BCUT2D eigenvalue weighted by atomic mass is 32.2. The Bertz CT molecular complexity index is 1420. The van der Waals surface area contributed by atoms with Crippen LogP contribution in [0, 0.1) is 12.8 Å². The molecule has 0 radical (unpaired) electrons. The quantitative estimate of drug-likeness (QED) is 0.337. The molecule has 1 aliphatic heterocycles. The number of pyridine rings is 1. The fraction of sp³-hybridized carbons (Fsp3) is 0.367. The van der Waals surface area contributed by atoms with Crippen molar-refractivity contribution in [1.82, 2.24) is 14.6 Å². The number of cyclic esters (lactones) is 1. The molecule has 2 amide bonds. The van der Waals surface area contributed by atoms with E-state index in [9.17, 15) is 23.1 Å². The highest BCUT2D eigenvalue weighted by Crippen LogP contribution is 2.21. The molecule has 11 heteroatoms. The van der Waals surface area contributed by atoms with E-state index in [2.05, 4.69) is 10.3 Å². The van der Waals surface area contributed by atoms with Gasteiger partial charge in [0, 0.05) is 19.3 Å². The molecule has 1 fully saturated rings. The molecule has 0 bridgehead atoms. The number of benzene rings is 2. The number of aliphatic hydroxyl groups excluding tert-OH is 1. The van der Waals surface area contributed by atoms with Gasteiger partial charge in [0.1, 0.15) is 5.82 Å². The number of carbonyl (C=O) groups excluding carboxylic acids is 2. The van der Waals surface area contributed by atoms with Crippen LogP contribution in [0.5, 0.6) is 0 Å². The van der Waals surface area contributed by atoms with E-state index in [1.54, 1.807) is 42.5 Å². The number of nitrogens with one attached hydrogen (secondary N) is 1. The monoisotopic (exact) mass is 580 g/mol. The van der Waals surface area contributed by atoms with E-state index in [1.807, 2.05) is 51.1 Å². The maximum Gasteiger partial charge on any atom is 0.416 e. The maximum atomic E-state index is 13.6. The van der Waals surface area contributed by atoms with E-state index in [0.717, 1.165) is 11.1 Å². The number of carbonyl (C=O) groups is 2. The summed E-state index contributed by atoms with van der Waals surface area (Å²) >= 11 is 0. The average Bonchev–Trinajstić information content (AvgIpc) is 3.35. The number of rotatable bonds is 12. The Morgan fingerprint density at radius 1 is 1.07 bits per heavy atom. The second kappa shape index (κ2) is 13.2. The van der Waals surface area contributed by atoms with Crippen LogP contribution in [0.4, 0.5) is 10.6 Å². The Kier molecular flexibility index (Phi) is 9.74. The average molecular weight is 581 g/mol. The Hall–Kier alpha value is -3.80. The third-order valence-corrected chi connectivity index (χ3v) is 8.58. The van der Waals surface area contributed by atoms with Crippen molar-refractivity contribution in [2.24, 2.45) is 5.92 Å². The van der Waals surface area contributed by atoms with Crippen LogP contribution >= 0.6 is 0 Å². The van der Waals surface area contributed by atoms with E-state index in [0.29, 0.717) is 5.82 Å². The number of anilines is 1. The second-order valence-corrected chi connectivity index (χ2v) is 12.5. The summed E-state index contributed by atoms with van der Waals surface area (Å²) in [5, 5.41) is 14.3. The first-order chi connectivity index (χ1) is 19.5. The van der Waals surface area contributed by atoms with Gasteiger partial charge in [0.05, 0.1) is 23.6 Å². The van der Waals surface area contributed by atoms with Crippen molar-refractivity contribution in [3.63, 3.8) is 0 Å². The van der Waals surface area contributed by atoms with E-state index < -0.39 is 40.3 Å². The lowest BCUT2D eigenvalue weighted by Gasteiger charge is -2.31. The van der Waals surface area contributed by atoms with E-state index >= 15 is 0 Å². The van der Waals surface area contributed by atoms with Crippen LogP contribution in [0.25, 0.3) is 0 Å². The van der Waals surface area contributed by atoms with Crippen molar-refractivity contribution in [2.45, 2.75) is 50.3 Å². The number of hydrogen-bond acceptors (Lipinski definition) is 7. The van der Waals surface area contributed by atoms with Gasteiger partial charge < -0.3 is 15.2 Å². The first-order valence-electron chi connectivity index (χ1n) is 13.5. The molecule has 3 aromatic rings. The summed E-state index contributed by atoms with van der Waals surface area (Å²) in [6, 6.07) is 20.0. The molecule has 0 unspecified atom stereocenters. The van der Waals surface area contributed by atoms with Gasteiger partial charge in [0.2, 0.25) is 10.0 Å². The zero-order chi connectivity index (χ0) is 29.6. The Morgan fingerprint density at radius 2 is 1.76 bits per heavy atom. The highest BCUT2D eigenvalue weighted by molar-refractivity contribution is 7.89. The molecule has 2 aromatic carbocycles. The van der Waals surface area contributed by atoms with Gasteiger partial charge in [-0.15, -0.1) is 0 Å². The van der Waals surface area contributed by atoms with E-state index in [1.165, 1.54) is 15.4 Å². The summed E-state index contributed by atoms with van der Waals surface area (Å²) in [6.07, 6.45) is -1.31. The van der Waals surface area contributed by atoms with Crippen LogP contribution in [0.15, 0.2) is 83.9 Å². The first-order valence-corrected chi connectivity index (χ1v) is 15.0. The lowest BCUT2D eigenvalue weighted by Crippen LogP contribution is -2.53. The summed E-state index contributed by atoms with van der Waals surface area (Å²) in [4.78, 5) is 31.3. The van der Waals surface area contributed by atoms with Crippen molar-refractivity contribution >= 4 is 27.8 Å². The van der Waals surface area contributed by atoms with Crippen LogP contribution in [0.3, 0.4) is 0 Å². The van der Waals surface area contributed by atoms with Gasteiger partial charge in [0.25, 0.3) is 5.91 Å². The van der Waals surface area contributed by atoms with Gasteiger partial charge in [-0.2, -0.15) is 4.31 Å². The van der Waals surface area contributed by atoms with Gasteiger partial charge in [-0.05, 0) is 49.1 Å². The van der Waals surface area contributed by atoms with Crippen molar-refractivity contribution in [3.8, 4) is 0 Å². The predicted octanol–water partition coefficient (Wildman–Crippen LogP) is 3.15. The fourth-order valence-corrected chi connectivity index (χ4v) is 6.22. The molecule has 1 aromatic heterocycles. The van der Waals surface area contributed by atoms with Crippen molar-refractivity contribution < 1.29 is 27.9 Å². The Labute approximate surface area is 241 Å². The standard InChI is InChI=1S/C30H36N4O6S/c1-21(2)18-33(41(38,39)24-14-12-22(3)13-15-24)19-26(35)25(17-23-9-5-4-6-10-23)32-29(36)27-20-34(30(37)40-27)28-11-7-8-16-31-28/h4-16,21,25-27,35H,17-20H2,1-3H3,(H,32,36)/t25-,26+,27-/m0/s1. The topological polar surface area (TPSA) is 129 Å². The largest absolute Gasteiger partial charge is 0.434 e. The van der Waals surface area contributed by atoms with Crippen LogP contribution in [-0.4, -0.2) is 72.7 Å². The summed E-state index contributed by atoms with van der Waals surface area (Å²) in [7, 11) is -3.93. The number of hydrogen-bond donors (Lipinski definition) is 2. The highest BCUT2D eigenvalue weighted by Gasteiger charge is 2.39. The predicted molar refractivity (Wildman–Crippen MR) is 155 cm³/mol. The molecule has 10 nitrogen and oxygen atoms in total. The number of ether oxygens (including phenoxy) is 1. The normalized spacial score (nSPS) is 17.0. The van der Waals surface area contributed by atoms with E-state index in [4.69, 9.17) is 4.74 Å². The minimum atomic E-state index is -3.93. The number of amides is 2. The lowest BCUT2D eigenvalue weighted by atomic mass is 10.0. The maximum absolute atomic E-state index is 13.6. The molecule has 1 saturated heterocycles. The number of aromatic nitrogens is 1. The zero-order valence-corrected chi connectivity index (χ0v) is 24.2. The Balaban J connectivity index is 1.54. The van der Waals surface area contributed by atoms with Gasteiger partial charge in [-0.25, -0.2) is 18.2 Å². The molecule has 2 heterocycles. The van der Waals surface area contributed by atoms with Crippen molar-refractivity contribution in [3.05, 3.63) is 90.1 Å². The number of nitrogens with zero attached hydrogens (tertiary/aromatic N) is 3. The molecule has 0 spiro atoms. The molecule has 218 valence electrons. The fourth-order valence-electron chi connectivity index (χ4n) is 4.60. The van der Waals surface area contributed by atoms with Gasteiger partial charge in [0.15, 0.2) is 6.10 Å². The third kappa shape index (κ3) is 7.69. The summed E-state index contributed by atoms with van der Waals surface area (Å²) in [6.45, 7) is 5.57. The molecule has 1 aliphatic rings. The number of sulfonamides is 1. The molecular formula is C30H36N4O6S. The van der Waals surface area contributed by atoms with Crippen LogP contribution in [0.2, 0.25) is 0 Å². The number of aliphatic hydroxyl groups is 1. The minimum Gasteiger partial charge on any atom is -0.434 e. The van der Waals surface area contributed by atoms with Gasteiger partial charge in [-0.3, -0.25) is 9.69 Å². The summed E-state index contributed by atoms with van der Waals surface area (Å²) in [5.74, 6) is -0.243. The molecule has 0 aliphatic carbocycles.